The van der Waals surface area contributed by atoms with Crippen molar-refractivity contribution in [2.45, 2.75) is 0 Å². The summed E-state index contributed by atoms with van der Waals surface area (Å²) in [4.78, 5) is 28.2. The number of methoxy groups -OCH3 is 1. The Morgan fingerprint density at radius 1 is 1.44 bits per heavy atom. The first-order valence-electron chi connectivity index (χ1n) is 5.18. The van der Waals surface area contributed by atoms with E-state index in [4.69, 9.17) is 0 Å². The monoisotopic (exact) mass is 315 g/mol. The van der Waals surface area contributed by atoms with Crippen LogP contribution in [0.2, 0.25) is 0 Å². The number of nitrogens with zero attached hydrogens (tertiary/aromatic N) is 2. The molecule has 0 spiro atoms. The lowest BCUT2D eigenvalue weighted by molar-refractivity contribution is -0.141. The summed E-state index contributed by atoms with van der Waals surface area (Å²) in [6.07, 6.45) is 1.59. The van der Waals surface area contributed by atoms with E-state index in [1.807, 2.05) is 0 Å². The molecule has 0 atom stereocenters. The van der Waals surface area contributed by atoms with Gasteiger partial charge in [0, 0.05) is 10.7 Å². The SMILES string of the molecule is COC(=O)CN(C)CC(=O)Nc1ccc(Br)cn1. The Bertz CT molecular complexity index is 422. The van der Waals surface area contributed by atoms with Crippen LogP contribution in [0, 0.1) is 0 Å². The first kappa shape index (κ1) is 14.6. The summed E-state index contributed by atoms with van der Waals surface area (Å²) >= 11 is 3.25. The number of ether oxygens (including phenoxy) is 1. The van der Waals surface area contributed by atoms with E-state index in [-0.39, 0.29) is 25.0 Å². The number of likely N-dealkylation sites (N-methyl/N-ethyl adjacent to an activating group) is 1. The number of pyridine rings is 1. The maximum Gasteiger partial charge on any atom is 0.319 e. The lowest BCUT2D eigenvalue weighted by atomic mass is 10.4. The smallest absolute Gasteiger partial charge is 0.319 e. The zero-order valence-corrected chi connectivity index (χ0v) is 11.7. The molecule has 1 aromatic heterocycles. The van der Waals surface area contributed by atoms with Crippen LogP contribution in [0.4, 0.5) is 5.82 Å². The summed E-state index contributed by atoms with van der Waals surface area (Å²) in [6.45, 7) is 0.157. The van der Waals surface area contributed by atoms with Gasteiger partial charge in [0.05, 0.1) is 20.2 Å². The second-order valence-corrected chi connectivity index (χ2v) is 4.57. The molecule has 7 heteroatoms. The van der Waals surface area contributed by atoms with Crippen LogP contribution in [0.25, 0.3) is 0 Å². The largest absolute Gasteiger partial charge is 0.468 e. The van der Waals surface area contributed by atoms with Gasteiger partial charge in [0.15, 0.2) is 0 Å². The fourth-order valence-electron chi connectivity index (χ4n) is 1.22. The number of hydrogen-bond acceptors (Lipinski definition) is 5. The molecule has 1 heterocycles. The molecule has 0 unspecified atom stereocenters. The minimum atomic E-state index is -0.382. The molecule has 98 valence electrons. The highest BCUT2D eigenvalue weighted by Crippen LogP contribution is 2.10. The van der Waals surface area contributed by atoms with Crippen molar-refractivity contribution in [3.05, 3.63) is 22.8 Å². The van der Waals surface area contributed by atoms with E-state index in [0.717, 1.165) is 4.47 Å². The number of hydrogen-bond donors (Lipinski definition) is 1. The van der Waals surface area contributed by atoms with Gasteiger partial charge < -0.3 is 10.1 Å². The minimum Gasteiger partial charge on any atom is -0.468 e. The first-order valence-corrected chi connectivity index (χ1v) is 5.97. The zero-order valence-electron chi connectivity index (χ0n) is 10.1. The second kappa shape index (κ2) is 7.07. The molecule has 18 heavy (non-hydrogen) atoms. The van der Waals surface area contributed by atoms with Gasteiger partial charge >= 0.3 is 5.97 Å². The molecule has 1 aromatic rings. The molecule has 0 radical (unpaired) electrons. The van der Waals surface area contributed by atoms with Crippen molar-refractivity contribution >= 4 is 33.6 Å². The van der Waals surface area contributed by atoms with E-state index < -0.39 is 0 Å². The van der Waals surface area contributed by atoms with Crippen molar-refractivity contribution in [1.29, 1.82) is 0 Å². The Labute approximate surface area is 113 Å². The van der Waals surface area contributed by atoms with Crippen LogP contribution in [-0.4, -0.2) is 49.0 Å². The number of carbonyl (C=O) groups is 2. The maximum atomic E-state index is 11.6. The van der Waals surface area contributed by atoms with E-state index in [1.54, 1.807) is 30.3 Å². The molecule has 0 aliphatic carbocycles. The van der Waals surface area contributed by atoms with Crippen LogP contribution in [0.15, 0.2) is 22.8 Å². The molecule has 0 aliphatic rings. The summed E-state index contributed by atoms with van der Waals surface area (Å²) in [6, 6.07) is 3.46. The van der Waals surface area contributed by atoms with E-state index in [0.29, 0.717) is 5.82 Å². The van der Waals surface area contributed by atoms with Crippen molar-refractivity contribution in [3.8, 4) is 0 Å². The third-order valence-electron chi connectivity index (χ3n) is 2.04. The van der Waals surface area contributed by atoms with Crippen molar-refractivity contribution in [3.63, 3.8) is 0 Å². The Morgan fingerprint density at radius 2 is 2.17 bits per heavy atom. The van der Waals surface area contributed by atoms with Gasteiger partial charge in [0.25, 0.3) is 0 Å². The van der Waals surface area contributed by atoms with Crippen LogP contribution < -0.4 is 5.32 Å². The van der Waals surface area contributed by atoms with Crippen LogP contribution in [0.1, 0.15) is 0 Å². The molecule has 1 rings (SSSR count). The molecule has 0 saturated carbocycles. The summed E-state index contributed by atoms with van der Waals surface area (Å²) in [7, 11) is 2.97. The van der Waals surface area contributed by atoms with E-state index in [2.05, 4.69) is 31.0 Å². The number of rotatable bonds is 5. The molecule has 1 N–H and O–H groups in total. The third kappa shape index (κ3) is 5.24. The molecule has 0 saturated heterocycles. The number of amides is 1. The van der Waals surface area contributed by atoms with Crippen LogP contribution in [0.3, 0.4) is 0 Å². The van der Waals surface area contributed by atoms with E-state index >= 15 is 0 Å². The van der Waals surface area contributed by atoms with E-state index in [9.17, 15) is 9.59 Å². The van der Waals surface area contributed by atoms with Crippen LogP contribution >= 0.6 is 15.9 Å². The number of halogens is 1. The van der Waals surface area contributed by atoms with Gasteiger partial charge in [-0.15, -0.1) is 0 Å². The average molecular weight is 316 g/mol. The van der Waals surface area contributed by atoms with E-state index in [1.165, 1.54) is 7.11 Å². The normalized spacial score (nSPS) is 10.2. The van der Waals surface area contributed by atoms with Gasteiger partial charge in [-0.05, 0) is 35.1 Å². The number of esters is 1. The Balaban J connectivity index is 2.41. The number of aromatic nitrogens is 1. The molecule has 0 aromatic carbocycles. The molecule has 0 aliphatic heterocycles. The lowest BCUT2D eigenvalue weighted by Crippen LogP contribution is -2.34. The predicted molar refractivity (Wildman–Crippen MR) is 70.1 cm³/mol. The minimum absolute atomic E-state index is 0.0671. The van der Waals surface area contributed by atoms with Crippen LogP contribution in [0.5, 0.6) is 0 Å². The fourth-order valence-corrected chi connectivity index (χ4v) is 1.45. The highest BCUT2D eigenvalue weighted by molar-refractivity contribution is 9.10. The molecule has 0 bridgehead atoms. The molecular formula is C11H14BrN3O3. The summed E-state index contributed by atoms with van der Waals surface area (Å²) in [5.41, 5.74) is 0. The highest BCUT2D eigenvalue weighted by Gasteiger charge is 2.11. The molecule has 0 fully saturated rings. The van der Waals surface area contributed by atoms with Gasteiger partial charge in [-0.2, -0.15) is 0 Å². The standard InChI is InChI=1S/C11H14BrN3O3/c1-15(7-11(17)18-2)6-10(16)14-9-4-3-8(12)5-13-9/h3-5H,6-7H2,1-2H3,(H,13,14,16). The molecule has 1 amide bonds. The lowest BCUT2D eigenvalue weighted by Gasteiger charge is -2.14. The van der Waals surface area contributed by atoms with Crippen molar-refractivity contribution in [2.24, 2.45) is 0 Å². The summed E-state index contributed by atoms with van der Waals surface area (Å²) in [5.74, 6) is -0.155. The Kier molecular flexibility index (Phi) is 5.73. The molecule has 6 nitrogen and oxygen atoms in total. The van der Waals surface area contributed by atoms with Gasteiger partial charge in [-0.1, -0.05) is 0 Å². The van der Waals surface area contributed by atoms with Gasteiger partial charge in [-0.25, -0.2) is 4.98 Å². The number of nitrogens with one attached hydrogen (secondary N) is 1. The zero-order chi connectivity index (χ0) is 13.5. The molecular weight excluding hydrogens is 302 g/mol. The maximum absolute atomic E-state index is 11.6. The van der Waals surface area contributed by atoms with Crippen molar-refractivity contribution in [1.82, 2.24) is 9.88 Å². The topological polar surface area (TPSA) is 71.5 Å². The summed E-state index contributed by atoms with van der Waals surface area (Å²) in [5, 5.41) is 2.63. The van der Waals surface area contributed by atoms with Crippen molar-refractivity contribution in [2.75, 3.05) is 32.6 Å². The second-order valence-electron chi connectivity index (χ2n) is 3.66. The van der Waals surface area contributed by atoms with Gasteiger partial charge in [0.2, 0.25) is 5.91 Å². The van der Waals surface area contributed by atoms with Gasteiger partial charge in [-0.3, -0.25) is 14.5 Å². The Morgan fingerprint density at radius 3 is 2.72 bits per heavy atom. The number of anilines is 1. The Hall–Kier alpha value is -1.47. The quantitative estimate of drug-likeness (QED) is 0.817. The van der Waals surface area contributed by atoms with Gasteiger partial charge in [0.1, 0.15) is 5.82 Å². The summed E-state index contributed by atoms with van der Waals surface area (Å²) < 4.78 is 5.34. The predicted octanol–water partition coefficient (Wildman–Crippen LogP) is 0.887. The highest BCUT2D eigenvalue weighted by atomic mass is 79.9. The van der Waals surface area contributed by atoms with Crippen LogP contribution in [-0.2, 0) is 14.3 Å². The third-order valence-corrected chi connectivity index (χ3v) is 2.50. The number of carbonyl (C=O) groups excluding carboxylic acids is 2. The fraction of sp³-hybridized carbons (Fsp3) is 0.364. The first-order chi connectivity index (χ1) is 8.51. The average Bonchev–Trinajstić information content (AvgIpc) is 2.31. The van der Waals surface area contributed by atoms with Crippen molar-refractivity contribution < 1.29 is 14.3 Å².